The highest BCUT2D eigenvalue weighted by Gasteiger charge is 2.30. The molecule has 128 valence electrons. The fourth-order valence-corrected chi connectivity index (χ4v) is 3.12. The number of benzene rings is 2. The van der Waals surface area contributed by atoms with E-state index in [1.54, 1.807) is 0 Å². The lowest BCUT2D eigenvalue weighted by Crippen LogP contribution is -2.26. The van der Waals surface area contributed by atoms with Crippen molar-refractivity contribution in [3.63, 3.8) is 0 Å². The standard InChI is InChI=1S/C15H12F3NO4S/c1-19(12-6-4-11(5-7-12)15(16,17)18)24(22,23)13-8-2-10(3-9-13)14(20)21/h2-9H,1H3,(H,20,21). The molecule has 0 radical (unpaired) electrons. The Balaban J connectivity index is 2.33. The highest BCUT2D eigenvalue weighted by atomic mass is 32.2. The van der Waals surface area contributed by atoms with Crippen molar-refractivity contribution >= 4 is 21.7 Å². The Kier molecular flexibility index (Phi) is 4.57. The molecule has 0 aliphatic heterocycles. The van der Waals surface area contributed by atoms with Gasteiger partial charge in [-0.15, -0.1) is 0 Å². The Hall–Kier alpha value is -2.55. The van der Waals surface area contributed by atoms with Gasteiger partial charge in [-0.05, 0) is 48.5 Å². The number of hydrogen-bond donors (Lipinski definition) is 1. The zero-order valence-electron chi connectivity index (χ0n) is 12.3. The van der Waals surface area contributed by atoms with Crippen LogP contribution in [0.3, 0.4) is 0 Å². The van der Waals surface area contributed by atoms with Gasteiger partial charge in [-0.3, -0.25) is 4.31 Å². The van der Waals surface area contributed by atoms with E-state index in [2.05, 4.69) is 0 Å². The van der Waals surface area contributed by atoms with Gasteiger partial charge in [0.25, 0.3) is 10.0 Å². The molecule has 0 saturated heterocycles. The van der Waals surface area contributed by atoms with Crippen LogP contribution in [0.1, 0.15) is 15.9 Å². The average molecular weight is 359 g/mol. The van der Waals surface area contributed by atoms with Crippen LogP contribution in [0.4, 0.5) is 18.9 Å². The minimum atomic E-state index is -4.51. The van der Waals surface area contributed by atoms with Crippen molar-refractivity contribution in [2.75, 3.05) is 11.4 Å². The van der Waals surface area contributed by atoms with Crippen molar-refractivity contribution in [2.24, 2.45) is 0 Å². The Morgan fingerprint density at radius 1 is 1.00 bits per heavy atom. The highest BCUT2D eigenvalue weighted by molar-refractivity contribution is 7.92. The molecule has 0 aliphatic rings. The van der Waals surface area contributed by atoms with E-state index in [1.807, 2.05) is 0 Å². The van der Waals surface area contributed by atoms with Crippen LogP contribution in [-0.4, -0.2) is 26.5 Å². The minimum Gasteiger partial charge on any atom is -0.478 e. The molecule has 2 rings (SSSR count). The van der Waals surface area contributed by atoms with Crippen LogP contribution in [-0.2, 0) is 16.2 Å². The molecule has 0 aliphatic carbocycles. The third-order valence-electron chi connectivity index (χ3n) is 3.32. The molecule has 0 amide bonds. The topological polar surface area (TPSA) is 74.7 Å². The number of sulfonamides is 1. The summed E-state index contributed by atoms with van der Waals surface area (Å²) in [4.78, 5) is 10.6. The molecule has 2 aromatic carbocycles. The number of nitrogens with zero attached hydrogens (tertiary/aromatic N) is 1. The first-order chi connectivity index (χ1) is 11.0. The molecule has 0 bridgehead atoms. The smallest absolute Gasteiger partial charge is 0.416 e. The minimum absolute atomic E-state index is 0.0466. The SMILES string of the molecule is CN(c1ccc(C(F)(F)F)cc1)S(=O)(=O)c1ccc(C(=O)O)cc1. The Morgan fingerprint density at radius 2 is 1.50 bits per heavy atom. The number of carboxylic acids is 1. The van der Waals surface area contributed by atoms with Crippen LogP contribution in [0.25, 0.3) is 0 Å². The molecule has 0 aromatic heterocycles. The van der Waals surface area contributed by atoms with Gasteiger partial charge in [-0.1, -0.05) is 0 Å². The van der Waals surface area contributed by atoms with Gasteiger partial charge in [0, 0.05) is 7.05 Å². The van der Waals surface area contributed by atoms with Gasteiger partial charge in [0.15, 0.2) is 0 Å². The van der Waals surface area contributed by atoms with E-state index in [9.17, 15) is 26.4 Å². The van der Waals surface area contributed by atoms with E-state index < -0.39 is 27.7 Å². The second-order valence-electron chi connectivity index (χ2n) is 4.85. The molecule has 0 spiro atoms. The van der Waals surface area contributed by atoms with Crippen LogP contribution in [0.2, 0.25) is 0 Å². The van der Waals surface area contributed by atoms with Crippen molar-refractivity contribution < 1.29 is 31.5 Å². The second kappa shape index (κ2) is 6.16. The molecular weight excluding hydrogens is 347 g/mol. The van der Waals surface area contributed by atoms with Gasteiger partial charge in [-0.25, -0.2) is 13.2 Å². The lowest BCUT2D eigenvalue weighted by molar-refractivity contribution is -0.137. The molecule has 1 N–H and O–H groups in total. The fraction of sp³-hybridized carbons (Fsp3) is 0.133. The highest BCUT2D eigenvalue weighted by Crippen LogP contribution is 2.31. The second-order valence-corrected chi connectivity index (χ2v) is 6.82. The predicted octanol–water partition coefficient (Wildman–Crippen LogP) is 3.23. The average Bonchev–Trinajstić information content (AvgIpc) is 2.53. The lowest BCUT2D eigenvalue weighted by atomic mass is 10.2. The van der Waals surface area contributed by atoms with Crippen molar-refractivity contribution in [3.05, 3.63) is 59.7 Å². The monoisotopic (exact) mass is 359 g/mol. The van der Waals surface area contributed by atoms with E-state index in [-0.39, 0.29) is 16.1 Å². The van der Waals surface area contributed by atoms with E-state index >= 15 is 0 Å². The summed E-state index contributed by atoms with van der Waals surface area (Å²) in [5.41, 5.74) is -0.917. The van der Waals surface area contributed by atoms with E-state index in [1.165, 1.54) is 7.05 Å². The molecule has 5 nitrogen and oxygen atoms in total. The molecule has 0 heterocycles. The number of alkyl halides is 3. The van der Waals surface area contributed by atoms with Gasteiger partial charge in [0.1, 0.15) is 0 Å². The molecule has 0 atom stereocenters. The Labute approximate surface area is 136 Å². The van der Waals surface area contributed by atoms with E-state index in [4.69, 9.17) is 5.11 Å². The van der Waals surface area contributed by atoms with Gasteiger partial charge < -0.3 is 5.11 Å². The number of rotatable bonds is 4. The van der Waals surface area contributed by atoms with Crippen molar-refractivity contribution in [2.45, 2.75) is 11.1 Å². The fourth-order valence-electron chi connectivity index (χ4n) is 1.93. The van der Waals surface area contributed by atoms with Gasteiger partial charge in [0.05, 0.1) is 21.7 Å². The normalized spacial score (nSPS) is 12.0. The summed E-state index contributed by atoms with van der Waals surface area (Å²) in [6.45, 7) is 0. The predicted molar refractivity (Wildman–Crippen MR) is 80.4 cm³/mol. The lowest BCUT2D eigenvalue weighted by Gasteiger charge is -2.20. The summed E-state index contributed by atoms with van der Waals surface area (Å²) in [6, 6.07) is 8.19. The first-order valence-electron chi connectivity index (χ1n) is 6.53. The van der Waals surface area contributed by atoms with Crippen molar-refractivity contribution in [1.29, 1.82) is 0 Å². The first-order valence-corrected chi connectivity index (χ1v) is 7.97. The number of carboxylic acid groups (broad SMARTS) is 1. The third kappa shape index (κ3) is 3.51. The molecule has 0 unspecified atom stereocenters. The molecule has 9 heteroatoms. The summed E-state index contributed by atoms with van der Waals surface area (Å²) in [5.74, 6) is -1.20. The summed E-state index contributed by atoms with van der Waals surface area (Å²) >= 11 is 0. The first kappa shape index (κ1) is 17.8. The van der Waals surface area contributed by atoms with Gasteiger partial charge in [-0.2, -0.15) is 13.2 Å². The molecular formula is C15H12F3NO4S. The van der Waals surface area contributed by atoms with E-state index in [0.29, 0.717) is 0 Å². The number of hydrogen-bond acceptors (Lipinski definition) is 3. The van der Waals surface area contributed by atoms with Gasteiger partial charge in [0.2, 0.25) is 0 Å². The Morgan fingerprint density at radius 3 is 1.92 bits per heavy atom. The largest absolute Gasteiger partial charge is 0.478 e. The van der Waals surface area contributed by atoms with Crippen LogP contribution >= 0.6 is 0 Å². The van der Waals surface area contributed by atoms with Crippen molar-refractivity contribution in [1.82, 2.24) is 0 Å². The molecule has 2 aromatic rings. The van der Waals surface area contributed by atoms with Crippen LogP contribution in [0.5, 0.6) is 0 Å². The quantitative estimate of drug-likeness (QED) is 0.910. The summed E-state index contributed by atoms with van der Waals surface area (Å²) in [7, 11) is -2.83. The van der Waals surface area contributed by atoms with Gasteiger partial charge >= 0.3 is 12.1 Å². The van der Waals surface area contributed by atoms with E-state index in [0.717, 1.165) is 52.8 Å². The molecule has 24 heavy (non-hydrogen) atoms. The number of halogens is 3. The maximum absolute atomic E-state index is 12.5. The summed E-state index contributed by atoms with van der Waals surface area (Å²) in [6.07, 6.45) is -4.51. The third-order valence-corrected chi connectivity index (χ3v) is 5.12. The van der Waals surface area contributed by atoms with Crippen molar-refractivity contribution in [3.8, 4) is 0 Å². The zero-order chi connectivity index (χ0) is 18.1. The number of aromatic carboxylic acids is 1. The molecule has 0 saturated carbocycles. The maximum Gasteiger partial charge on any atom is 0.416 e. The molecule has 0 fully saturated rings. The van der Waals surface area contributed by atoms with Crippen LogP contribution < -0.4 is 4.31 Å². The number of anilines is 1. The zero-order valence-corrected chi connectivity index (χ0v) is 13.1. The van der Waals surface area contributed by atoms with Crippen LogP contribution in [0.15, 0.2) is 53.4 Å². The summed E-state index contributed by atoms with van der Waals surface area (Å²) < 4.78 is 63.4. The maximum atomic E-state index is 12.5. The summed E-state index contributed by atoms with van der Waals surface area (Å²) in [5, 5.41) is 8.81. The number of carbonyl (C=O) groups is 1. The Bertz CT molecular complexity index is 844. The van der Waals surface area contributed by atoms with Crippen LogP contribution in [0, 0.1) is 0 Å².